The molecule has 1 amide bonds. The average molecular weight is 270 g/mol. The van der Waals surface area contributed by atoms with Crippen LogP contribution < -0.4 is 5.32 Å². The molecule has 0 spiro atoms. The summed E-state index contributed by atoms with van der Waals surface area (Å²) in [6.07, 6.45) is 0. The van der Waals surface area contributed by atoms with Crippen LogP contribution in [0.2, 0.25) is 0 Å². The van der Waals surface area contributed by atoms with Crippen LogP contribution in [-0.2, 0) is 16.2 Å². The lowest BCUT2D eigenvalue weighted by Crippen LogP contribution is -2.14. The van der Waals surface area contributed by atoms with Crippen LogP contribution in [-0.4, -0.2) is 11.6 Å². The maximum Gasteiger partial charge on any atom is 0.278 e. The molecule has 3 rings (SSSR count). The van der Waals surface area contributed by atoms with Gasteiger partial charge in [-0.15, -0.1) is 0 Å². The molecule has 1 aliphatic rings. The number of carbonyl (C=O) groups excluding carboxylic acids is 1. The summed E-state index contributed by atoms with van der Waals surface area (Å²) >= 11 is 0. The van der Waals surface area contributed by atoms with E-state index in [4.69, 9.17) is 4.84 Å². The first-order valence-electron chi connectivity index (χ1n) is 6.09. The highest BCUT2D eigenvalue weighted by Crippen LogP contribution is 2.24. The van der Waals surface area contributed by atoms with Gasteiger partial charge in [-0.05, 0) is 23.8 Å². The molecule has 1 heterocycles. The largest absolute Gasteiger partial charge is 0.390 e. The zero-order chi connectivity index (χ0) is 13.9. The highest BCUT2D eigenvalue weighted by atomic mass is 19.1. The molecule has 0 bridgehead atoms. The molecule has 1 N–H and O–H groups in total. The molecule has 0 saturated carbocycles. The van der Waals surface area contributed by atoms with E-state index in [1.807, 2.05) is 30.3 Å². The van der Waals surface area contributed by atoms with Crippen molar-refractivity contribution in [2.45, 2.75) is 6.61 Å². The van der Waals surface area contributed by atoms with Crippen LogP contribution in [0.5, 0.6) is 0 Å². The third-order valence-electron chi connectivity index (χ3n) is 2.93. The lowest BCUT2D eigenvalue weighted by atomic mass is 10.1. The van der Waals surface area contributed by atoms with Gasteiger partial charge in [-0.1, -0.05) is 35.5 Å². The number of amides is 1. The number of halogens is 1. The fourth-order valence-corrected chi connectivity index (χ4v) is 1.96. The molecule has 0 aromatic heterocycles. The number of carbonyl (C=O) groups is 1. The molecule has 0 fully saturated rings. The number of rotatable bonds is 3. The van der Waals surface area contributed by atoms with E-state index >= 15 is 0 Å². The summed E-state index contributed by atoms with van der Waals surface area (Å²) < 4.78 is 13.2. The van der Waals surface area contributed by atoms with Gasteiger partial charge in [0.15, 0.2) is 5.71 Å². The molecule has 4 nitrogen and oxygen atoms in total. The number of anilines is 1. The first-order valence-corrected chi connectivity index (χ1v) is 6.09. The average Bonchev–Trinajstić information content (AvgIpc) is 2.76. The van der Waals surface area contributed by atoms with Gasteiger partial charge in [0, 0.05) is 5.56 Å². The van der Waals surface area contributed by atoms with Gasteiger partial charge in [0.05, 0.1) is 5.69 Å². The number of hydrogen-bond donors (Lipinski definition) is 1. The zero-order valence-corrected chi connectivity index (χ0v) is 10.5. The van der Waals surface area contributed by atoms with Crippen molar-refractivity contribution >= 4 is 17.3 Å². The minimum atomic E-state index is -0.420. The van der Waals surface area contributed by atoms with Crippen molar-refractivity contribution in [3.63, 3.8) is 0 Å². The summed E-state index contributed by atoms with van der Waals surface area (Å²) in [4.78, 5) is 16.9. The Morgan fingerprint density at radius 2 is 1.95 bits per heavy atom. The number of oxime groups is 1. The van der Waals surface area contributed by atoms with Crippen LogP contribution >= 0.6 is 0 Å². The molecule has 2 aromatic carbocycles. The second kappa shape index (κ2) is 5.13. The topological polar surface area (TPSA) is 50.7 Å². The van der Waals surface area contributed by atoms with E-state index in [0.29, 0.717) is 11.3 Å². The highest BCUT2D eigenvalue weighted by molar-refractivity contribution is 6.53. The third-order valence-corrected chi connectivity index (χ3v) is 2.93. The van der Waals surface area contributed by atoms with Crippen molar-refractivity contribution in [3.05, 3.63) is 65.5 Å². The van der Waals surface area contributed by atoms with Gasteiger partial charge in [0.25, 0.3) is 5.91 Å². The number of benzene rings is 2. The van der Waals surface area contributed by atoms with Crippen molar-refractivity contribution in [1.29, 1.82) is 0 Å². The summed E-state index contributed by atoms with van der Waals surface area (Å²) in [6, 6.07) is 13.5. The van der Waals surface area contributed by atoms with Gasteiger partial charge in [0.2, 0.25) is 0 Å². The van der Waals surface area contributed by atoms with Crippen LogP contribution in [0.15, 0.2) is 53.7 Å². The van der Waals surface area contributed by atoms with Crippen molar-refractivity contribution in [3.8, 4) is 0 Å². The molecule has 0 atom stereocenters. The van der Waals surface area contributed by atoms with Crippen molar-refractivity contribution in [2.24, 2.45) is 5.16 Å². The van der Waals surface area contributed by atoms with Crippen molar-refractivity contribution < 1.29 is 14.0 Å². The Labute approximate surface area is 114 Å². The van der Waals surface area contributed by atoms with E-state index in [2.05, 4.69) is 10.5 Å². The van der Waals surface area contributed by atoms with Crippen LogP contribution in [0.3, 0.4) is 0 Å². The Hall–Kier alpha value is -2.69. The predicted molar refractivity (Wildman–Crippen MR) is 72.8 cm³/mol. The first kappa shape index (κ1) is 12.3. The maximum absolute atomic E-state index is 13.2. The number of hydrogen-bond acceptors (Lipinski definition) is 3. The smallest absolute Gasteiger partial charge is 0.278 e. The number of nitrogens with zero attached hydrogens (tertiary/aromatic N) is 1. The van der Waals surface area contributed by atoms with Crippen LogP contribution in [0.1, 0.15) is 11.1 Å². The standard InChI is InChI=1S/C15H11FN2O2/c16-11-6-7-13-12(8-11)14(15(19)17-13)18-20-9-10-4-2-1-3-5-10/h1-8H,9H2,(H,17,18,19). The van der Waals surface area contributed by atoms with E-state index in [1.165, 1.54) is 18.2 Å². The Kier molecular flexibility index (Phi) is 3.16. The van der Waals surface area contributed by atoms with Gasteiger partial charge in [0.1, 0.15) is 12.4 Å². The lowest BCUT2D eigenvalue weighted by molar-refractivity contribution is -0.110. The minimum absolute atomic E-state index is 0.0930. The summed E-state index contributed by atoms with van der Waals surface area (Å²) in [5, 5.41) is 6.43. The van der Waals surface area contributed by atoms with E-state index < -0.39 is 11.7 Å². The third kappa shape index (κ3) is 2.38. The van der Waals surface area contributed by atoms with Crippen molar-refractivity contribution in [1.82, 2.24) is 0 Å². The summed E-state index contributed by atoms with van der Waals surface area (Å²) in [7, 11) is 0. The van der Waals surface area contributed by atoms with E-state index in [1.54, 1.807) is 0 Å². The van der Waals surface area contributed by atoms with Gasteiger partial charge in [-0.2, -0.15) is 0 Å². The molecule has 2 aromatic rings. The maximum atomic E-state index is 13.2. The van der Waals surface area contributed by atoms with Gasteiger partial charge >= 0.3 is 0 Å². The molecule has 0 radical (unpaired) electrons. The molecule has 20 heavy (non-hydrogen) atoms. The molecule has 0 saturated heterocycles. The van der Waals surface area contributed by atoms with Gasteiger partial charge in [-0.25, -0.2) is 4.39 Å². The Morgan fingerprint density at radius 3 is 2.75 bits per heavy atom. The quantitative estimate of drug-likeness (QED) is 0.872. The van der Waals surface area contributed by atoms with E-state index in [9.17, 15) is 9.18 Å². The van der Waals surface area contributed by atoms with Crippen LogP contribution in [0, 0.1) is 5.82 Å². The fraction of sp³-hybridized carbons (Fsp3) is 0.0667. The Morgan fingerprint density at radius 1 is 1.15 bits per heavy atom. The second-order valence-electron chi connectivity index (χ2n) is 4.34. The summed E-state index contributed by atoms with van der Waals surface area (Å²) in [5.74, 6) is -0.810. The Balaban J connectivity index is 1.79. The fourth-order valence-electron chi connectivity index (χ4n) is 1.96. The molecule has 5 heteroatoms. The first-order chi connectivity index (χ1) is 9.74. The molecule has 0 aliphatic carbocycles. The Bertz CT molecular complexity index is 684. The minimum Gasteiger partial charge on any atom is -0.390 e. The second-order valence-corrected chi connectivity index (χ2v) is 4.34. The van der Waals surface area contributed by atoms with Gasteiger partial charge in [-0.3, -0.25) is 4.79 Å². The number of fused-ring (bicyclic) bond motifs is 1. The molecule has 0 unspecified atom stereocenters. The van der Waals surface area contributed by atoms with Crippen molar-refractivity contribution in [2.75, 3.05) is 5.32 Å². The monoisotopic (exact) mass is 270 g/mol. The molecular formula is C15H11FN2O2. The van der Waals surface area contributed by atoms with Crippen LogP contribution in [0.25, 0.3) is 0 Å². The van der Waals surface area contributed by atoms with Crippen LogP contribution in [0.4, 0.5) is 10.1 Å². The van der Waals surface area contributed by atoms with E-state index in [-0.39, 0.29) is 12.3 Å². The zero-order valence-electron chi connectivity index (χ0n) is 10.5. The van der Waals surface area contributed by atoms with E-state index in [0.717, 1.165) is 5.56 Å². The normalized spacial score (nSPS) is 15.1. The number of nitrogens with one attached hydrogen (secondary N) is 1. The SMILES string of the molecule is O=C1Nc2ccc(F)cc2/C1=N/OCc1ccccc1. The lowest BCUT2D eigenvalue weighted by Gasteiger charge is -2.01. The summed E-state index contributed by atoms with van der Waals surface area (Å²) in [5.41, 5.74) is 1.99. The molecule has 1 aliphatic heterocycles. The molecule has 100 valence electrons. The predicted octanol–water partition coefficient (Wildman–Crippen LogP) is 2.70. The van der Waals surface area contributed by atoms with Gasteiger partial charge < -0.3 is 10.2 Å². The molecular weight excluding hydrogens is 259 g/mol. The summed E-state index contributed by atoms with van der Waals surface area (Å²) in [6.45, 7) is 0.252. The highest BCUT2D eigenvalue weighted by Gasteiger charge is 2.27.